The Morgan fingerprint density at radius 3 is 2.75 bits per heavy atom. The molecule has 0 saturated carbocycles. The molecule has 0 aliphatic carbocycles. The quantitative estimate of drug-likeness (QED) is 0.482. The molecule has 1 N–H and O–H groups in total. The molecular weight excluding hydrogens is 454 g/mol. The van der Waals surface area contributed by atoms with E-state index in [0.29, 0.717) is 23.3 Å². The van der Waals surface area contributed by atoms with Gasteiger partial charge in [-0.2, -0.15) is 4.31 Å². The van der Waals surface area contributed by atoms with Gasteiger partial charge in [0.25, 0.3) is 11.5 Å². The van der Waals surface area contributed by atoms with E-state index in [4.69, 9.17) is 4.42 Å². The van der Waals surface area contributed by atoms with Crippen molar-refractivity contribution in [2.24, 2.45) is 7.05 Å². The number of rotatable bonds is 4. The number of nitrogens with one attached hydrogen (secondary N) is 1. The van der Waals surface area contributed by atoms with E-state index in [2.05, 4.69) is 15.3 Å². The number of carbonyl (C=O) groups excluding carboxylic acids is 1. The lowest BCUT2D eigenvalue weighted by molar-refractivity contribution is 0.102. The Bertz CT molecular complexity index is 1540. The van der Waals surface area contributed by atoms with Crippen molar-refractivity contribution in [1.29, 1.82) is 0 Å². The van der Waals surface area contributed by atoms with Crippen LogP contribution in [0.4, 0.5) is 5.13 Å². The van der Waals surface area contributed by atoms with Crippen molar-refractivity contribution >= 4 is 53.7 Å². The molecule has 4 heterocycles. The molecule has 1 aliphatic heterocycles. The van der Waals surface area contributed by atoms with Crippen LogP contribution in [-0.4, -0.2) is 46.3 Å². The highest BCUT2D eigenvalue weighted by atomic mass is 32.2. The normalized spacial score (nSPS) is 15.1. The maximum atomic E-state index is 13.0. The molecule has 0 bridgehead atoms. The molecule has 4 aromatic rings. The molecule has 0 atom stereocenters. The summed E-state index contributed by atoms with van der Waals surface area (Å²) in [4.78, 5) is 34.1. The molecule has 1 amide bonds. The number of thiazole rings is 1. The van der Waals surface area contributed by atoms with Crippen LogP contribution in [0.2, 0.25) is 0 Å². The average molecular weight is 474 g/mol. The van der Waals surface area contributed by atoms with E-state index < -0.39 is 21.5 Å². The van der Waals surface area contributed by atoms with E-state index >= 15 is 0 Å². The van der Waals surface area contributed by atoms with Crippen LogP contribution < -0.4 is 10.9 Å². The van der Waals surface area contributed by atoms with E-state index in [1.165, 1.54) is 21.3 Å². The minimum absolute atomic E-state index is 0.0943. The first kappa shape index (κ1) is 20.8. The van der Waals surface area contributed by atoms with Crippen LogP contribution in [0.5, 0.6) is 0 Å². The van der Waals surface area contributed by atoms with Gasteiger partial charge in [0.1, 0.15) is 17.5 Å². The zero-order valence-corrected chi connectivity index (χ0v) is 18.9. The summed E-state index contributed by atoms with van der Waals surface area (Å²) in [5.41, 5.74) is 0.372. The predicted octanol–water partition coefficient (Wildman–Crippen LogP) is 2.48. The van der Waals surface area contributed by atoms with Crippen LogP contribution >= 0.6 is 11.3 Å². The van der Waals surface area contributed by atoms with Crippen LogP contribution in [0.15, 0.2) is 38.6 Å². The maximum absolute atomic E-state index is 13.0. The van der Waals surface area contributed by atoms with E-state index in [0.717, 1.165) is 24.2 Å². The summed E-state index contributed by atoms with van der Waals surface area (Å²) < 4.78 is 34.5. The van der Waals surface area contributed by atoms with E-state index in [1.54, 1.807) is 26.1 Å². The summed E-state index contributed by atoms with van der Waals surface area (Å²) in [5.74, 6) is -0.274. The van der Waals surface area contributed by atoms with Gasteiger partial charge in [-0.05, 0) is 38.0 Å². The number of furan rings is 1. The van der Waals surface area contributed by atoms with Crippen LogP contribution in [0.3, 0.4) is 0 Å². The Hall–Kier alpha value is -3.09. The number of fused-ring (bicyclic) bond motifs is 2. The number of anilines is 1. The van der Waals surface area contributed by atoms with Crippen LogP contribution in [0.1, 0.15) is 29.0 Å². The van der Waals surface area contributed by atoms with Gasteiger partial charge in [0.15, 0.2) is 5.13 Å². The molecule has 12 heteroatoms. The van der Waals surface area contributed by atoms with Gasteiger partial charge in [0, 0.05) is 20.1 Å². The molecule has 166 valence electrons. The van der Waals surface area contributed by atoms with Crippen molar-refractivity contribution < 1.29 is 17.6 Å². The number of aryl methyl sites for hydroxylation is 2. The van der Waals surface area contributed by atoms with Crippen molar-refractivity contribution in [3.05, 3.63) is 46.2 Å². The molecule has 5 rings (SSSR count). The molecule has 1 aromatic carbocycles. The molecule has 0 radical (unpaired) electrons. The Kier molecular flexibility index (Phi) is 4.87. The van der Waals surface area contributed by atoms with Crippen LogP contribution in [-0.2, 0) is 17.1 Å². The van der Waals surface area contributed by atoms with Crippen molar-refractivity contribution in [3.8, 4) is 0 Å². The number of sulfonamides is 1. The second-order valence-electron chi connectivity index (χ2n) is 7.59. The SMILES string of the molecule is Cc1oc2ncn(C)c(=O)c2c1C(=O)Nc1nc2ccc(S(=O)(=O)N3CCCC3)cc2s1. The topological polar surface area (TPSA) is 127 Å². The molecule has 0 unspecified atom stereocenters. The highest BCUT2D eigenvalue weighted by Crippen LogP contribution is 2.31. The first-order valence-corrected chi connectivity index (χ1v) is 12.2. The number of nitrogens with zero attached hydrogens (tertiary/aromatic N) is 4. The Labute approximate surface area is 186 Å². The second-order valence-corrected chi connectivity index (χ2v) is 10.6. The molecule has 1 fully saturated rings. The molecule has 1 saturated heterocycles. The lowest BCUT2D eigenvalue weighted by Gasteiger charge is -2.15. The van der Waals surface area contributed by atoms with Crippen molar-refractivity contribution in [3.63, 3.8) is 0 Å². The van der Waals surface area contributed by atoms with Gasteiger partial charge in [-0.3, -0.25) is 14.9 Å². The first-order valence-electron chi connectivity index (χ1n) is 9.92. The standard InChI is InChI=1S/C20H19N5O5S2/c1-11-15(16-18(30-11)21-10-24(2)19(16)27)17(26)23-20-22-13-6-5-12(9-14(13)31-20)32(28,29)25-7-3-4-8-25/h5-6,9-10H,3-4,7-8H2,1-2H3,(H,22,23,26). The van der Waals surface area contributed by atoms with E-state index in [-0.39, 0.29) is 32.5 Å². The molecule has 10 nitrogen and oxygen atoms in total. The van der Waals surface area contributed by atoms with Gasteiger partial charge in [-0.1, -0.05) is 11.3 Å². The molecule has 1 aliphatic rings. The van der Waals surface area contributed by atoms with E-state index in [1.807, 2.05) is 0 Å². The zero-order valence-electron chi connectivity index (χ0n) is 17.3. The molecule has 0 spiro atoms. The molecule has 3 aromatic heterocycles. The number of carbonyl (C=O) groups is 1. The van der Waals surface area contributed by atoms with Gasteiger partial charge in [0.2, 0.25) is 15.7 Å². The van der Waals surface area contributed by atoms with Gasteiger partial charge < -0.3 is 8.98 Å². The van der Waals surface area contributed by atoms with Crippen molar-refractivity contribution in [1.82, 2.24) is 18.8 Å². The number of aromatic nitrogens is 3. The summed E-state index contributed by atoms with van der Waals surface area (Å²) in [7, 11) is -2.01. The zero-order chi connectivity index (χ0) is 22.6. The van der Waals surface area contributed by atoms with Gasteiger partial charge >= 0.3 is 0 Å². The summed E-state index contributed by atoms with van der Waals surface area (Å²) >= 11 is 1.16. The maximum Gasteiger partial charge on any atom is 0.265 e. The molecular formula is C20H19N5O5S2. The van der Waals surface area contributed by atoms with Crippen LogP contribution in [0, 0.1) is 6.92 Å². The monoisotopic (exact) mass is 473 g/mol. The third-order valence-electron chi connectivity index (χ3n) is 5.46. The lowest BCUT2D eigenvalue weighted by atomic mass is 10.2. The van der Waals surface area contributed by atoms with E-state index in [9.17, 15) is 18.0 Å². The minimum atomic E-state index is -3.55. The average Bonchev–Trinajstić information content (AvgIpc) is 3.48. The fourth-order valence-electron chi connectivity index (χ4n) is 3.82. The number of benzene rings is 1. The summed E-state index contributed by atoms with van der Waals surface area (Å²) in [6, 6.07) is 4.74. The third-order valence-corrected chi connectivity index (χ3v) is 8.29. The Morgan fingerprint density at radius 2 is 2.00 bits per heavy atom. The second kappa shape index (κ2) is 7.50. The minimum Gasteiger partial charge on any atom is -0.442 e. The fraction of sp³-hybridized carbons (Fsp3) is 0.300. The molecule has 32 heavy (non-hydrogen) atoms. The fourth-order valence-corrected chi connectivity index (χ4v) is 6.34. The van der Waals surface area contributed by atoms with Crippen molar-refractivity contribution in [2.75, 3.05) is 18.4 Å². The number of hydrogen-bond acceptors (Lipinski definition) is 8. The highest BCUT2D eigenvalue weighted by Gasteiger charge is 2.28. The summed E-state index contributed by atoms with van der Waals surface area (Å²) in [6.45, 7) is 2.64. The van der Waals surface area contributed by atoms with Crippen molar-refractivity contribution in [2.45, 2.75) is 24.7 Å². The Balaban J connectivity index is 1.48. The smallest absolute Gasteiger partial charge is 0.265 e. The van der Waals surface area contributed by atoms with Gasteiger partial charge in [0.05, 0.1) is 20.7 Å². The highest BCUT2D eigenvalue weighted by molar-refractivity contribution is 7.89. The summed E-state index contributed by atoms with van der Waals surface area (Å²) in [6.07, 6.45) is 3.05. The van der Waals surface area contributed by atoms with Gasteiger partial charge in [-0.25, -0.2) is 18.4 Å². The largest absolute Gasteiger partial charge is 0.442 e. The number of amides is 1. The first-order chi connectivity index (χ1) is 15.3. The van der Waals surface area contributed by atoms with Crippen LogP contribution in [0.25, 0.3) is 21.3 Å². The summed E-state index contributed by atoms with van der Waals surface area (Å²) in [5, 5.41) is 3.09. The lowest BCUT2D eigenvalue weighted by Crippen LogP contribution is -2.27. The Morgan fingerprint density at radius 1 is 1.25 bits per heavy atom. The predicted molar refractivity (Wildman–Crippen MR) is 120 cm³/mol. The number of hydrogen-bond donors (Lipinski definition) is 1. The third kappa shape index (κ3) is 3.31. The van der Waals surface area contributed by atoms with Gasteiger partial charge in [-0.15, -0.1) is 0 Å².